The highest BCUT2D eigenvalue weighted by Gasteiger charge is 2.11. The molecule has 1 heterocycles. The van der Waals surface area contributed by atoms with Crippen LogP contribution in [0.5, 0.6) is 0 Å². The molecule has 2 aromatic rings. The predicted molar refractivity (Wildman–Crippen MR) is 70.1 cm³/mol. The van der Waals surface area contributed by atoms with Crippen LogP contribution in [0.3, 0.4) is 0 Å². The second-order valence-corrected chi connectivity index (χ2v) is 4.07. The standard InChI is InChI=1S/C13H16N4O/c1-17-11(9-12(14)16-17)13(18)15-8-7-10-5-3-2-4-6-10/h2-6,9H,7-8H2,1H3,(H2,14,16)(H,15,18). The lowest BCUT2D eigenvalue weighted by atomic mass is 10.1. The van der Waals surface area contributed by atoms with E-state index < -0.39 is 0 Å². The van der Waals surface area contributed by atoms with Gasteiger partial charge in [0.2, 0.25) is 0 Å². The molecule has 1 aromatic heterocycles. The largest absolute Gasteiger partial charge is 0.382 e. The minimum absolute atomic E-state index is 0.155. The van der Waals surface area contributed by atoms with Gasteiger partial charge in [-0.2, -0.15) is 5.10 Å². The maximum absolute atomic E-state index is 11.8. The Morgan fingerprint density at radius 3 is 2.72 bits per heavy atom. The van der Waals surface area contributed by atoms with E-state index in [9.17, 15) is 4.79 Å². The molecule has 0 saturated heterocycles. The Hall–Kier alpha value is -2.30. The summed E-state index contributed by atoms with van der Waals surface area (Å²) in [6, 6.07) is 11.6. The summed E-state index contributed by atoms with van der Waals surface area (Å²) in [4.78, 5) is 11.8. The average molecular weight is 244 g/mol. The number of carbonyl (C=O) groups excluding carboxylic acids is 1. The first-order valence-corrected chi connectivity index (χ1v) is 5.78. The molecule has 5 nitrogen and oxygen atoms in total. The lowest BCUT2D eigenvalue weighted by Crippen LogP contribution is -2.27. The number of nitrogens with zero attached hydrogens (tertiary/aromatic N) is 2. The van der Waals surface area contributed by atoms with Crippen LogP contribution in [0.4, 0.5) is 5.82 Å². The summed E-state index contributed by atoms with van der Waals surface area (Å²) in [6.07, 6.45) is 0.805. The number of anilines is 1. The molecule has 0 spiro atoms. The molecule has 1 aromatic carbocycles. The van der Waals surface area contributed by atoms with Gasteiger partial charge in [0, 0.05) is 19.7 Å². The molecule has 0 fully saturated rings. The Labute approximate surface area is 106 Å². The molecule has 0 aliphatic carbocycles. The summed E-state index contributed by atoms with van der Waals surface area (Å²) in [5.74, 6) is 0.198. The number of nitrogens with two attached hydrogens (primary N) is 1. The highest BCUT2D eigenvalue weighted by atomic mass is 16.2. The van der Waals surface area contributed by atoms with E-state index in [4.69, 9.17) is 5.73 Å². The Morgan fingerprint density at radius 1 is 1.39 bits per heavy atom. The van der Waals surface area contributed by atoms with Crippen LogP contribution >= 0.6 is 0 Å². The van der Waals surface area contributed by atoms with E-state index in [1.807, 2.05) is 30.3 Å². The molecule has 0 radical (unpaired) electrons. The molecule has 5 heteroatoms. The van der Waals surface area contributed by atoms with Crippen LogP contribution in [0.1, 0.15) is 16.1 Å². The number of benzene rings is 1. The van der Waals surface area contributed by atoms with Gasteiger partial charge < -0.3 is 11.1 Å². The summed E-state index contributed by atoms with van der Waals surface area (Å²) in [5.41, 5.74) is 7.19. The molecule has 2 rings (SSSR count). The van der Waals surface area contributed by atoms with E-state index in [1.165, 1.54) is 10.2 Å². The number of rotatable bonds is 4. The number of aryl methyl sites for hydroxylation is 1. The minimum atomic E-state index is -0.155. The zero-order chi connectivity index (χ0) is 13.0. The molecule has 0 atom stereocenters. The Morgan fingerprint density at radius 2 is 2.11 bits per heavy atom. The fourth-order valence-corrected chi connectivity index (χ4v) is 1.76. The van der Waals surface area contributed by atoms with Crippen molar-refractivity contribution >= 4 is 11.7 Å². The molecule has 1 amide bonds. The zero-order valence-electron chi connectivity index (χ0n) is 10.3. The number of carbonyl (C=O) groups is 1. The van der Waals surface area contributed by atoms with Crippen LogP contribution < -0.4 is 11.1 Å². The topological polar surface area (TPSA) is 72.9 Å². The number of aromatic nitrogens is 2. The van der Waals surface area contributed by atoms with E-state index in [0.717, 1.165) is 6.42 Å². The van der Waals surface area contributed by atoms with Crippen LogP contribution in [-0.2, 0) is 13.5 Å². The smallest absolute Gasteiger partial charge is 0.269 e. The van der Waals surface area contributed by atoms with Crippen molar-refractivity contribution in [1.82, 2.24) is 15.1 Å². The number of nitrogens with one attached hydrogen (secondary N) is 1. The van der Waals surface area contributed by atoms with Crippen LogP contribution in [0, 0.1) is 0 Å². The first-order valence-electron chi connectivity index (χ1n) is 5.78. The van der Waals surface area contributed by atoms with Crippen LogP contribution in [-0.4, -0.2) is 22.2 Å². The quantitative estimate of drug-likeness (QED) is 0.842. The molecule has 0 aliphatic rings. The van der Waals surface area contributed by atoms with Crippen molar-refractivity contribution in [3.63, 3.8) is 0 Å². The van der Waals surface area contributed by atoms with E-state index in [-0.39, 0.29) is 5.91 Å². The van der Waals surface area contributed by atoms with E-state index in [0.29, 0.717) is 18.1 Å². The van der Waals surface area contributed by atoms with Crippen LogP contribution in [0.25, 0.3) is 0 Å². The molecule has 94 valence electrons. The van der Waals surface area contributed by atoms with Crippen molar-refractivity contribution in [2.24, 2.45) is 7.05 Å². The van der Waals surface area contributed by atoms with Gasteiger partial charge in [0.1, 0.15) is 11.5 Å². The SMILES string of the molecule is Cn1nc(N)cc1C(=O)NCCc1ccccc1. The number of hydrogen-bond acceptors (Lipinski definition) is 3. The zero-order valence-corrected chi connectivity index (χ0v) is 10.3. The molecular formula is C13H16N4O. The van der Waals surface area contributed by atoms with E-state index in [1.54, 1.807) is 13.1 Å². The molecule has 0 bridgehead atoms. The monoisotopic (exact) mass is 244 g/mol. The van der Waals surface area contributed by atoms with Gasteiger partial charge in [0.05, 0.1) is 0 Å². The first kappa shape index (κ1) is 12.2. The second kappa shape index (κ2) is 5.35. The van der Waals surface area contributed by atoms with Crippen LogP contribution in [0.15, 0.2) is 36.4 Å². The Kier molecular flexibility index (Phi) is 3.62. The summed E-state index contributed by atoms with van der Waals surface area (Å²) in [5, 5.41) is 6.78. The lowest BCUT2D eigenvalue weighted by Gasteiger charge is -2.05. The third-order valence-electron chi connectivity index (χ3n) is 2.67. The summed E-state index contributed by atoms with van der Waals surface area (Å²) in [7, 11) is 1.70. The molecule has 0 saturated carbocycles. The van der Waals surface area contributed by atoms with Crippen molar-refractivity contribution < 1.29 is 4.79 Å². The van der Waals surface area contributed by atoms with Gasteiger partial charge in [0.15, 0.2) is 0 Å². The maximum atomic E-state index is 11.8. The normalized spacial score (nSPS) is 10.3. The van der Waals surface area contributed by atoms with Gasteiger partial charge >= 0.3 is 0 Å². The highest BCUT2D eigenvalue weighted by Crippen LogP contribution is 2.04. The summed E-state index contributed by atoms with van der Waals surface area (Å²) in [6.45, 7) is 0.591. The van der Waals surface area contributed by atoms with Gasteiger partial charge in [-0.05, 0) is 12.0 Å². The summed E-state index contributed by atoms with van der Waals surface area (Å²) < 4.78 is 1.48. The predicted octanol–water partition coefficient (Wildman–Crippen LogP) is 0.975. The van der Waals surface area contributed by atoms with Gasteiger partial charge in [-0.1, -0.05) is 30.3 Å². The Balaban J connectivity index is 1.87. The van der Waals surface area contributed by atoms with Crippen molar-refractivity contribution in [2.45, 2.75) is 6.42 Å². The van der Waals surface area contributed by atoms with Crippen LogP contribution in [0.2, 0.25) is 0 Å². The average Bonchev–Trinajstić information content (AvgIpc) is 2.70. The van der Waals surface area contributed by atoms with Gasteiger partial charge in [0.25, 0.3) is 5.91 Å². The molecule has 18 heavy (non-hydrogen) atoms. The van der Waals surface area contributed by atoms with Gasteiger partial charge in [-0.3, -0.25) is 9.48 Å². The molecular weight excluding hydrogens is 228 g/mol. The van der Waals surface area contributed by atoms with Crippen molar-refractivity contribution in [1.29, 1.82) is 0 Å². The molecule has 0 unspecified atom stereocenters. The second-order valence-electron chi connectivity index (χ2n) is 4.07. The molecule has 0 aliphatic heterocycles. The fraction of sp³-hybridized carbons (Fsp3) is 0.231. The highest BCUT2D eigenvalue weighted by molar-refractivity contribution is 5.93. The Bertz CT molecular complexity index is 533. The minimum Gasteiger partial charge on any atom is -0.382 e. The third kappa shape index (κ3) is 2.88. The molecule has 3 N–H and O–H groups in total. The van der Waals surface area contributed by atoms with Crippen molar-refractivity contribution in [2.75, 3.05) is 12.3 Å². The van der Waals surface area contributed by atoms with Gasteiger partial charge in [-0.15, -0.1) is 0 Å². The lowest BCUT2D eigenvalue weighted by molar-refractivity contribution is 0.0945. The number of nitrogen functional groups attached to an aromatic ring is 1. The summed E-state index contributed by atoms with van der Waals surface area (Å²) >= 11 is 0. The number of hydrogen-bond donors (Lipinski definition) is 2. The number of amides is 1. The third-order valence-corrected chi connectivity index (χ3v) is 2.67. The van der Waals surface area contributed by atoms with Crippen molar-refractivity contribution in [3.05, 3.63) is 47.7 Å². The van der Waals surface area contributed by atoms with E-state index >= 15 is 0 Å². The first-order chi connectivity index (χ1) is 8.66. The van der Waals surface area contributed by atoms with Gasteiger partial charge in [-0.25, -0.2) is 0 Å². The van der Waals surface area contributed by atoms with E-state index in [2.05, 4.69) is 10.4 Å². The van der Waals surface area contributed by atoms with Crippen molar-refractivity contribution in [3.8, 4) is 0 Å². The fourth-order valence-electron chi connectivity index (χ4n) is 1.76. The maximum Gasteiger partial charge on any atom is 0.269 e.